The summed E-state index contributed by atoms with van der Waals surface area (Å²) in [5, 5.41) is 1.17. The molecule has 0 aliphatic rings. The number of benzene rings is 1. The molecule has 0 spiro atoms. The Morgan fingerprint density at radius 3 is 2.87 bits per heavy atom. The Bertz CT molecular complexity index is 475. The first-order valence-corrected chi connectivity index (χ1v) is 5.07. The predicted molar refractivity (Wildman–Crippen MR) is 62.6 cm³/mol. The third-order valence-electron chi connectivity index (χ3n) is 2.45. The number of aromatic nitrogens is 1. The number of carbonyl (C=O) groups excluding carboxylic acids is 1. The van der Waals surface area contributed by atoms with E-state index in [0.29, 0.717) is 0 Å². The highest BCUT2D eigenvalue weighted by Crippen LogP contribution is 2.16. The Hall–Kier alpha value is -1.83. The van der Waals surface area contributed by atoms with Crippen LogP contribution < -0.4 is 0 Å². The van der Waals surface area contributed by atoms with E-state index in [1.807, 2.05) is 31.2 Å². The van der Waals surface area contributed by atoms with Crippen LogP contribution in [-0.2, 0) is 4.79 Å². The van der Waals surface area contributed by atoms with Crippen LogP contribution in [0.3, 0.4) is 0 Å². The highest BCUT2D eigenvalue weighted by atomic mass is 16.1. The van der Waals surface area contributed by atoms with Gasteiger partial charge in [0.05, 0.1) is 0 Å². The average Bonchev–Trinajstić information content (AvgIpc) is 2.68. The van der Waals surface area contributed by atoms with E-state index in [1.54, 1.807) is 0 Å². The number of rotatable bonds is 3. The number of aromatic amines is 1. The summed E-state index contributed by atoms with van der Waals surface area (Å²) in [5.74, 6) is 0. The lowest BCUT2D eigenvalue weighted by Crippen LogP contribution is -1.81. The van der Waals surface area contributed by atoms with E-state index < -0.39 is 0 Å². The molecule has 0 aliphatic carbocycles. The summed E-state index contributed by atoms with van der Waals surface area (Å²) in [7, 11) is 0. The molecule has 0 fully saturated rings. The normalized spacial score (nSPS) is 11.9. The Balaban J connectivity index is 2.45. The number of H-pyrrole nitrogens is 1. The molecule has 0 amide bonds. The molecule has 15 heavy (non-hydrogen) atoms. The van der Waals surface area contributed by atoms with Crippen molar-refractivity contribution in [1.82, 2.24) is 4.98 Å². The number of para-hydroxylation sites is 1. The molecule has 0 unspecified atom stereocenters. The van der Waals surface area contributed by atoms with Crippen LogP contribution in [0.15, 0.2) is 35.9 Å². The van der Waals surface area contributed by atoms with Crippen molar-refractivity contribution >= 4 is 23.3 Å². The maximum atomic E-state index is 10.7. The van der Waals surface area contributed by atoms with Crippen LogP contribution in [0.25, 0.3) is 17.0 Å². The number of hydrogen-bond acceptors (Lipinski definition) is 1. The zero-order chi connectivity index (χ0) is 10.7. The average molecular weight is 199 g/mol. The van der Waals surface area contributed by atoms with Crippen molar-refractivity contribution in [2.75, 3.05) is 0 Å². The van der Waals surface area contributed by atoms with Crippen LogP contribution in [0.1, 0.15) is 19.0 Å². The van der Waals surface area contributed by atoms with Gasteiger partial charge in [0.1, 0.15) is 6.29 Å². The summed E-state index contributed by atoms with van der Waals surface area (Å²) in [5.41, 5.74) is 2.90. The van der Waals surface area contributed by atoms with Gasteiger partial charge in [-0.05, 0) is 35.6 Å². The monoisotopic (exact) mass is 199 g/mol. The molecule has 2 aromatic rings. The Morgan fingerprint density at radius 1 is 1.40 bits per heavy atom. The number of allylic oxidation sites excluding steroid dienone is 1. The molecular formula is C13H13NO. The molecule has 0 atom stereocenters. The molecule has 1 aromatic heterocycles. The number of carbonyl (C=O) groups is 1. The summed E-state index contributed by atoms with van der Waals surface area (Å²) in [4.78, 5) is 13.9. The number of nitrogens with one attached hydrogen (secondary N) is 1. The lowest BCUT2D eigenvalue weighted by atomic mass is 10.2. The zero-order valence-electron chi connectivity index (χ0n) is 8.66. The summed E-state index contributed by atoms with van der Waals surface area (Å²) in [6, 6.07) is 10.1. The molecule has 0 saturated heterocycles. The molecule has 2 rings (SSSR count). The van der Waals surface area contributed by atoms with Crippen molar-refractivity contribution in [1.29, 1.82) is 0 Å². The first-order valence-electron chi connectivity index (χ1n) is 5.07. The number of fused-ring (bicyclic) bond motifs is 1. The van der Waals surface area contributed by atoms with Gasteiger partial charge in [0.15, 0.2) is 0 Å². The molecule has 0 saturated carbocycles. The summed E-state index contributed by atoms with van der Waals surface area (Å²) < 4.78 is 0. The molecule has 0 aliphatic heterocycles. The zero-order valence-corrected chi connectivity index (χ0v) is 8.66. The maximum absolute atomic E-state index is 10.7. The van der Waals surface area contributed by atoms with Crippen LogP contribution in [0.4, 0.5) is 0 Å². The number of hydrogen-bond donors (Lipinski definition) is 1. The first-order chi connectivity index (χ1) is 7.33. The predicted octanol–water partition coefficient (Wildman–Crippen LogP) is 3.16. The lowest BCUT2D eigenvalue weighted by molar-refractivity contribution is -0.104. The largest absolute Gasteiger partial charge is 0.355 e. The van der Waals surface area contributed by atoms with E-state index in [4.69, 9.17) is 0 Å². The quantitative estimate of drug-likeness (QED) is 0.597. The van der Waals surface area contributed by atoms with Crippen molar-refractivity contribution in [3.63, 3.8) is 0 Å². The van der Waals surface area contributed by atoms with Crippen molar-refractivity contribution in [3.05, 3.63) is 41.6 Å². The van der Waals surface area contributed by atoms with E-state index in [-0.39, 0.29) is 0 Å². The second-order valence-corrected chi connectivity index (χ2v) is 3.50. The highest BCUT2D eigenvalue weighted by Gasteiger charge is 1.98. The van der Waals surface area contributed by atoms with Gasteiger partial charge in [0.25, 0.3) is 0 Å². The Labute approximate surface area is 88.6 Å². The lowest BCUT2D eigenvalue weighted by Gasteiger charge is -1.91. The van der Waals surface area contributed by atoms with Crippen LogP contribution in [0.2, 0.25) is 0 Å². The van der Waals surface area contributed by atoms with Gasteiger partial charge in [-0.15, -0.1) is 0 Å². The molecule has 1 aromatic carbocycles. The van der Waals surface area contributed by atoms with Gasteiger partial charge in [-0.25, -0.2) is 0 Å². The van der Waals surface area contributed by atoms with E-state index in [2.05, 4.69) is 17.1 Å². The smallest absolute Gasteiger partial charge is 0.146 e. The van der Waals surface area contributed by atoms with Gasteiger partial charge >= 0.3 is 0 Å². The molecule has 0 bridgehead atoms. The minimum absolute atomic E-state index is 0.763. The fourth-order valence-corrected chi connectivity index (χ4v) is 1.59. The fraction of sp³-hybridized carbons (Fsp3) is 0.154. The van der Waals surface area contributed by atoms with Crippen molar-refractivity contribution in [2.45, 2.75) is 13.3 Å². The molecule has 1 N–H and O–H groups in total. The summed E-state index contributed by atoms with van der Waals surface area (Å²) in [6.07, 6.45) is 3.57. The topological polar surface area (TPSA) is 32.9 Å². The molecule has 76 valence electrons. The minimum Gasteiger partial charge on any atom is -0.355 e. The molecule has 2 heteroatoms. The van der Waals surface area contributed by atoms with Gasteiger partial charge in [0, 0.05) is 11.2 Å². The van der Waals surface area contributed by atoms with Crippen molar-refractivity contribution in [2.24, 2.45) is 0 Å². The van der Waals surface area contributed by atoms with Gasteiger partial charge in [-0.3, -0.25) is 4.79 Å². The summed E-state index contributed by atoms with van der Waals surface area (Å²) >= 11 is 0. The van der Waals surface area contributed by atoms with E-state index >= 15 is 0 Å². The van der Waals surface area contributed by atoms with Gasteiger partial charge < -0.3 is 4.98 Å². The second-order valence-electron chi connectivity index (χ2n) is 3.50. The molecular weight excluding hydrogens is 186 g/mol. The van der Waals surface area contributed by atoms with Crippen molar-refractivity contribution in [3.8, 4) is 0 Å². The van der Waals surface area contributed by atoms with Crippen molar-refractivity contribution < 1.29 is 4.79 Å². The number of aldehydes is 1. The van der Waals surface area contributed by atoms with Gasteiger partial charge in [0.2, 0.25) is 0 Å². The van der Waals surface area contributed by atoms with E-state index in [1.165, 1.54) is 5.39 Å². The third kappa shape index (κ3) is 1.99. The van der Waals surface area contributed by atoms with Gasteiger partial charge in [-0.2, -0.15) is 0 Å². The Morgan fingerprint density at radius 2 is 2.20 bits per heavy atom. The Kier molecular flexibility index (Phi) is 2.68. The fourth-order valence-electron chi connectivity index (χ4n) is 1.59. The second kappa shape index (κ2) is 4.13. The van der Waals surface area contributed by atoms with Crippen LogP contribution in [-0.4, -0.2) is 11.3 Å². The maximum Gasteiger partial charge on any atom is 0.146 e. The van der Waals surface area contributed by atoms with E-state index in [0.717, 1.165) is 29.5 Å². The standard InChI is InChI=1S/C13H13NO/c1-2-10(9-15)7-12-8-11-5-3-4-6-13(11)14-12/h3-9,14H,2H2,1H3/b10-7+. The summed E-state index contributed by atoms with van der Waals surface area (Å²) in [6.45, 7) is 1.98. The van der Waals surface area contributed by atoms with E-state index in [9.17, 15) is 4.79 Å². The van der Waals surface area contributed by atoms with Crippen LogP contribution in [0.5, 0.6) is 0 Å². The highest BCUT2D eigenvalue weighted by molar-refractivity contribution is 5.86. The SMILES string of the molecule is CC/C(C=O)=C\c1cc2ccccc2[nH]1. The van der Waals surface area contributed by atoms with Gasteiger partial charge in [-0.1, -0.05) is 25.1 Å². The molecule has 2 nitrogen and oxygen atoms in total. The first kappa shape index (κ1) is 9.71. The third-order valence-corrected chi connectivity index (χ3v) is 2.45. The minimum atomic E-state index is 0.763. The molecule has 1 heterocycles. The molecule has 0 radical (unpaired) electrons. The van der Waals surface area contributed by atoms with Crippen LogP contribution in [0, 0.1) is 0 Å². The van der Waals surface area contributed by atoms with Crippen LogP contribution >= 0.6 is 0 Å².